The fourth-order valence-corrected chi connectivity index (χ4v) is 6.52. The summed E-state index contributed by atoms with van der Waals surface area (Å²) in [6, 6.07) is 15.8. The molecule has 1 atom stereocenters. The highest BCUT2D eigenvalue weighted by Crippen LogP contribution is 2.37. The van der Waals surface area contributed by atoms with E-state index < -0.39 is 0 Å². The Kier molecular flexibility index (Phi) is 10.8. The van der Waals surface area contributed by atoms with Gasteiger partial charge < -0.3 is 9.64 Å². The molecule has 2 aromatic rings. The molecule has 2 aromatic carbocycles. The van der Waals surface area contributed by atoms with Crippen molar-refractivity contribution in [1.82, 2.24) is 9.80 Å². The predicted molar refractivity (Wildman–Crippen MR) is 155 cm³/mol. The minimum absolute atomic E-state index is 0.0278. The van der Waals surface area contributed by atoms with Gasteiger partial charge in [0, 0.05) is 48.6 Å². The van der Waals surface area contributed by atoms with Crippen LogP contribution in [0.4, 0.5) is 5.69 Å². The molecule has 37 heavy (non-hydrogen) atoms. The van der Waals surface area contributed by atoms with Crippen LogP contribution in [0.25, 0.3) is 0 Å². The monoisotopic (exact) mass is 523 g/mol. The first kappa shape index (κ1) is 28.0. The number of esters is 1. The highest BCUT2D eigenvalue weighted by molar-refractivity contribution is 7.99. The lowest BCUT2D eigenvalue weighted by Crippen LogP contribution is -2.53. The summed E-state index contributed by atoms with van der Waals surface area (Å²) >= 11 is 1.87. The van der Waals surface area contributed by atoms with Gasteiger partial charge in [-0.3, -0.25) is 14.6 Å². The zero-order valence-electron chi connectivity index (χ0n) is 23.1. The van der Waals surface area contributed by atoms with Crippen molar-refractivity contribution in [2.75, 3.05) is 57.3 Å². The van der Waals surface area contributed by atoms with Gasteiger partial charge in [-0.2, -0.15) is 0 Å². The second-order valence-corrected chi connectivity index (χ2v) is 11.7. The van der Waals surface area contributed by atoms with Crippen LogP contribution in [-0.4, -0.2) is 74.2 Å². The second kappa shape index (κ2) is 14.2. The number of ether oxygens (including phenoxy) is 1. The molecule has 0 radical (unpaired) electrons. The number of piperidine rings is 1. The van der Waals surface area contributed by atoms with Gasteiger partial charge in [0.05, 0.1) is 18.7 Å². The van der Waals surface area contributed by atoms with Crippen molar-refractivity contribution in [2.45, 2.75) is 75.1 Å². The van der Waals surface area contributed by atoms with Crippen molar-refractivity contribution in [3.63, 3.8) is 0 Å². The van der Waals surface area contributed by atoms with Crippen LogP contribution in [-0.2, 0) is 9.53 Å². The molecule has 0 aromatic heterocycles. The summed E-state index contributed by atoms with van der Waals surface area (Å²) in [7, 11) is 0. The molecule has 0 N–H and O–H groups in total. The van der Waals surface area contributed by atoms with Gasteiger partial charge in [-0.05, 0) is 70.0 Å². The van der Waals surface area contributed by atoms with Gasteiger partial charge in [-0.1, -0.05) is 61.4 Å². The number of hydrogen-bond acceptors (Lipinski definition) is 6. The highest BCUT2D eigenvalue weighted by atomic mass is 32.2. The van der Waals surface area contributed by atoms with E-state index in [9.17, 15) is 4.79 Å². The van der Waals surface area contributed by atoms with E-state index in [0.717, 1.165) is 58.7 Å². The Morgan fingerprint density at radius 1 is 0.946 bits per heavy atom. The Labute approximate surface area is 228 Å². The summed E-state index contributed by atoms with van der Waals surface area (Å²) in [5.74, 6) is -0.0278. The smallest absolute Gasteiger partial charge is 0.307 e. The Balaban J connectivity index is 1.36. The third kappa shape index (κ3) is 8.23. The molecule has 0 spiro atoms. The molecule has 1 unspecified atom stereocenters. The molecule has 2 heterocycles. The highest BCUT2D eigenvalue weighted by Gasteiger charge is 2.28. The van der Waals surface area contributed by atoms with Gasteiger partial charge in [-0.25, -0.2) is 0 Å². The summed E-state index contributed by atoms with van der Waals surface area (Å²) in [5.41, 5.74) is 3.98. The lowest BCUT2D eigenvalue weighted by Gasteiger charge is -2.41. The largest absolute Gasteiger partial charge is 0.466 e. The van der Waals surface area contributed by atoms with E-state index in [4.69, 9.17) is 4.74 Å². The average molecular weight is 524 g/mol. The van der Waals surface area contributed by atoms with Gasteiger partial charge in [0.1, 0.15) is 0 Å². The molecule has 2 saturated heterocycles. The van der Waals surface area contributed by atoms with E-state index in [1.807, 2.05) is 11.8 Å². The van der Waals surface area contributed by atoms with Gasteiger partial charge in [0.15, 0.2) is 0 Å². The van der Waals surface area contributed by atoms with Crippen LogP contribution in [0, 0.1) is 13.8 Å². The lowest BCUT2D eigenvalue weighted by atomic mass is 10.0. The van der Waals surface area contributed by atoms with Crippen molar-refractivity contribution < 1.29 is 9.53 Å². The fourth-order valence-electron chi connectivity index (χ4n) is 5.48. The third-order valence-corrected chi connectivity index (χ3v) is 8.91. The number of carbonyl (C=O) groups is 1. The van der Waals surface area contributed by atoms with Crippen LogP contribution in [0.3, 0.4) is 0 Å². The number of aryl methyl sites for hydroxylation is 2. The maximum atomic E-state index is 12.6. The molecule has 2 aliphatic rings. The Morgan fingerprint density at radius 2 is 1.70 bits per heavy atom. The van der Waals surface area contributed by atoms with Crippen molar-refractivity contribution in [1.29, 1.82) is 0 Å². The first-order chi connectivity index (χ1) is 18.0. The zero-order chi connectivity index (χ0) is 26.0. The molecule has 2 aliphatic heterocycles. The SMILES string of the molecule is CCCCOC(=O)CC(CN1CCN(c2ccccc2Sc2ccc(C)cc2C)CC1)N1CCCCC1. The number of likely N-dealkylation sites (tertiary alicyclic amines) is 1. The molecule has 0 saturated carbocycles. The first-order valence-electron chi connectivity index (χ1n) is 14.2. The van der Waals surface area contributed by atoms with E-state index in [2.05, 4.69) is 77.9 Å². The van der Waals surface area contributed by atoms with Crippen molar-refractivity contribution in [3.8, 4) is 0 Å². The van der Waals surface area contributed by atoms with Crippen LogP contribution in [0.1, 0.15) is 56.6 Å². The molecule has 202 valence electrons. The van der Waals surface area contributed by atoms with Crippen LogP contribution < -0.4 is 4.90 Å². The van der Waals surface area contributed by atoms with Crippen molar-refractivity contribution in [2.24, 2.45) is 0 Å². The lowest BCUT2D eigenvalue weighted by molar-refractivity contribution is -0.145. The number of anilines is 1. The summed E-state index contributed by atoms with van der Waals surface area (Å²) in [4.78, 5) is 22.9. The van der Waals surface area contributed by atoms with E-state index >= 15 is 0 Å². The summed E-state index contributed by atoms with van der Waals surface area (Å²) in [5, 5.41) is 0. The number of unbranched alkanes of at least 4 members (excludes halogenated alkanes) is 1. The normalized spacial score (nSPS) is 18.1. The molecular weight excluding hydrogens is 478 g/mol. The predicted octanol–water partition coefficient (Wildman–Crippen LogP) is 6.16. The molecule has 0 aliphatic carbocycles. The van der Waals surface area contributed by atoms with Gasteiger partial charge in [0.25, 0.3) is 0 Å². The number of piperazine rings is 1. The Morgan fingerprint density at radius 3 is 2.43 bits per heavy atom. The second-order valence-electron chi connectivity index (χ2n) is 10.7. The molecule has 6 heteroatoms. The summed E-state index contributed by atoms with van der Waals surface area (Å²) in [6.07, 6.45) is 6.31. The molecule has 0 bridgehead atoms. The third-order valence-electron chi connectivity index (χ3n) is 7.67. The van der Waals surface area contributed by atoms with E-state index in [0.29, 0.717) is 13.0 Å². The van der Waals surface area contributed by atoms with Gasteiger partial charge >= 0.3 is 5.97 Å². The molecule has 0 amide bonds. The minimum atomic E-state index is -0.0278. The quantitative estimate of drug-likeness (QED) is 0.259. The van der Waals surface area contributed by atoms with Gasteiger partial charge in [-0.15, -0.1) is 0 Å². The molecule has 2 fully saturated rings. The number of benzene rings is 2. The maximum absolute atomic E-state index is 12.6. The number of hydrogen-bond donors (Lipinski definition) is 0. The van der Waals surface area contributed by atoms with E-state index in [-0.39, 0.29) is 12.0 Å². The number of nitrogens with zero attached hydrogens (tertiary/aromatic N) is 3. The number of carbonyl (C=O) groups excluding carboxylic acids is 1. The topological polar surface area (TPSA) is 36.0 Å². The van der Waals surface area contributed by atoms with Crippen LogP contribution in [0.2, 0.25) is 0 Å². The van der Waals surface area contributed by atoms with Gasteiger partial charge in [0.2, 0.25) is 0 Å². The summed E-state index contributed by atoms with van der Waals surface area (Å²) in [6.45, 7) is 14.3. The summed E-state index contributed by atoms with van der Waals surface area (Å²) < 4.78 is 5.55. The molecule has 5 nitrogen and oxygen atoms in total. The van der Waals surface area contributed by atoms with Crippen molar-refractivity contribution in [3.05, 3.63) is 53.6 Å². The fraction of sp³-hybridized carbons (Fsp3) is 0.581. The number of para-hydroxylation sites is 1. The minimum Gasteiger partial charge on any atom is -0.466 e. The van der Waals surface area contributed by atoms with Crippen LogP contribution >= 0.6 is 11.8 Å². The average Bonchev–Trinajstić information content (AvgIpc) is 2.91. The van der Waals surface area contributed by atoms with Crippen LogP contribution in [0.15, 0.2) is 52.3 Å². The molecular formula is C31H45N3O2S. The van der Waals surface area contributed by atoms with E-state index in [1.165, 1.54) is 45.9 Å². The van der Waals surface area contributed by atoms with Crippen LogP contribution in [0.5, 0.6) is 0 Å². The Hall–Kier alpha value is -2.02. The van der Waals surface area contributed by atoms with E-state index in [1.54, 1.807) is 0 Å². The molecule has 4 rings (SSSR count). The van der Waals surface area contributed by atoms with Crippen molar-refractivity contribution >= 4 is 23.4 Å². The zero-order valence-corrected chi connectivity index (χ0v) is 23.9. The standard InChI is InChI=1S/C31H45N3O2S/c1-4-5-21-36-31(35)23-27(33-15-9-6-10-16-33)24-32-17-19-34(20-18-32)28-11-7-8-12-30(28)37-29-14-13-25(2)22-26(29)3/h7-8,11-14,22,27H,4-6,9-10,15-21,23-24H2,1-3H3. The number of rotatable bonds is 11. The maximum Gasteiger partial charge on any atom is 0.307 e. The Bertz CT molecular complexity index is 1000. The first-order valence-corrected chi connectivity index (χ1v) is 15.1.